The van der Waals surface area contributed by atoms with Gasteiger partial charge in [0.25, 0.3) is 5.91 Å². The number of nitrogens with one attached hydrogen (secondary N) is 3. The van der Waals surface area contributed by atoms with Crippen molar-refractivity contribution in [3.05, 3.63) is 24.0 Å². The molecule has 2 aromatic rings. The molecule has 8 nitrogen and oxygen atoms in total. The third-order valence-electron chi connectivity index (χ3n) is 1.99. The molecule has 0 spiro atoms. The van der Waals surface area contributed by atoms with Crippen LogP contribution in [0.5, 0.6) is 0 Å². The summed E-state index contributed by atoms with van der Waals surface area (Å²) in [5.74, 6) is 0.585. The van der Waals surface area contributed by atoms with E-state index in [4.69, 9.17) is 0 Å². The Morgan fingerprint density at radius 3 is 3.06 bits per heavy atom. The molecule has 16 heavy (non-hydrogen) atoms. The molecular formula is C8H11N7O. The maximum absolute atomic E-state index is 11.4. The van der Waals surface area contributed by atoms with Gasteiger partial charge in [0.2, 0.25) is 0 Å². The molecule has 3 N–H and O–H groups in total. The highest BCUT2D eigenvalue weighted by molar-refractivity contribution is 5.91. The number of hydrogen-bond acceptors (Lipinski definition) is 5. The van der Waals surface area contributed by atoms with Gasteiger partial charge in [0.15, 0.2) is 5.69 Å². The van der Waals surface area contributed by atoms with Gasteiger partial charge in [0.1, 0.15) is 12.2 Å². The molecule has 0 aliphatic heterocycles. The molecule has 1 amide bonds. The standard InChI is InChI=1S/C8H11N7O/c16-8(6-4-11-15-13-6)9-3-1-2-7-10-5-12-14-7/h4-5H,1-3H2,(H,9,16)(H,10,12,14)(H,11,13,15). The normalized spacial score (nSPS) is 10.2. The molecule has 2 aromatic heterocycles. The molecule has 0 bridgehead atoms. The fraction of sp³-hybridized carbons (Fsp3) is 0.375. The number of aromatic nitrogens is 6. The van der Waals surface area contributed by atoms with Crippen molar-refractivity contribution in [2.24, 2.45) is 0 Å². The minimum atomic E-state index is -0.230. The van der Waals surface area contributed by atoms with Crippen LogP contribution in [-0.4, -0.2) is 43.0 Å². The van der Waals surface area contributed by atoms with Crippen LogP contribution in [0.4, 0.5) is 0 Å². The molecule has 8 heteroatoms. The summed E-state index contributed by atoms with van der Waals surface area (Å²) >= 11 is 0. The molecular weight excluding hydrogens is 210 g/mol. The van der Waals surface area contributed by atoms with Gasteiger partial charge in [-0.3, -0.25) is 9.89 Å². The quantitative estimate of drug-likeness (QED) is 0.577. The van der Waals surface area contributed by atoms with E-state index in [2.05, 4.69) is 35.9 Å². The van der Waals surface area contributed by atoms with E-state index in [0.717, 1.165) is 18.7 Å². The highest BCUT2D eigenvalue weighted by Crippen LogP contribution is 1.93. The summed E-state index contributed by atoms with van der Waals surface area (Å²) in [6, 6.07) is 0. The van der Waals surface area contributed by atoms with E-state index in [1.807, 2.05) is 0 Å². The Bertz CT molecular complexity index is 421. The van der Waals surface area contributed by atoms with Crippen molar-refractivity contribution in [1.82, 2.24) is 35.9 Å². The second kappa shape index (κ2) is 5.01. The van der Waals surface area contributed by atoms with Gasteiger partial charge in [0, 0.05) is 13.0 Å². The van der Waals surface area contributed by atoms with Crippen molar-refractivity contribution in [1.29, 1.82) is 0 Å². The Labute approximate surface area is 90.9 Å². The van der Waals surface area contributed by atoms with Crippen molar-refractivity contribution in [3.63, 3.8) is 0 Å². The van der Waals surface area contributed by atoms with Gasteiger partial charge in [-0.05, 0) is 6.42 Å². The first kappa shape index (κ1) is 10.3. The highest BCUT2D eigenvalue weighted by Gasteiger charge is 2.06. The van der Waals surface area contributed by atoms with Crippen LogP contribution < -0.4 is 5.32 Å². The average Bonchev–Trinajstić information content (AvgIpc) is 2.96. The third kappa shape index (κ3) is 2.62. The van der Waals surface area contributed by atoms with Crippen LogP contribution in [0, 0.1) is 0 Å². The summed E-state index contributed by atoms with van der Waals surface area (Å²) in [4.78, 5) is 15.4. The van der Waals surface area contributed by atoms with Crippen molar-refractivity contribution < 1.29 is 4.79 Å². The Balaban J connectivity index is 1.67. The Morgan fingerprint density at radius 1 is 1.44 bits per heavy atom. The fourth-order valence-electron chi connectivity index (χ4n) is 1.21. The van der Waals surface area contributed by atoms with E-state index in [0.29, 0.717) is 12.2 Å². The van der Waals surface area contributed by atoms with Crippen LogP contribution in [0.1, 0.15) is 22.7 Å². The topological polar surface area (TPSA) is 112 Å². The van der Waals surface area contributed by atoms with Gasteiger partial charge < -0.3 is 5.32 Å². The number of aryl methyl sites for hydroxylation is 1. The van der Waals surface area contributed by atoms with Crippen LogP contribution in [0.3, 0.4) is 0 Å². The number of carbonyl (C=O) groups excluding carboxylic acids is 1. The molecule has 2 rings (SSSR count). The van der Waals surface area contributed by atoms with E-state index in [9.17, 15) is 4.79 Å². The maximum atomic E-state index is 11.4. The first-order chi connectivity index (χ1) is 7.86. The largest absolute Gasteiger partial charge is 0.351 e. The Kier molecular flexibility index (Phi) is 3.22. The highest BCUT2D eigenvalue weighted by atomic mass is 16.1. The smallest absolute Gasteiger partial charge is 0.273 e. The van der Waals surface area contributed by atoms with Gasteiger partial charge in [-0.2, -0.15) is 20.5 Å². The lowest BCUT2D eigenvalue weighted by molar-refractivity contribution is 0.0948. The van der Waals surface area contributed by atoms with Crippen molar-refractivity contribution in [2.75, 3.05) is 6.54 Å². The molecule has 0 aromatic carbocycles. The monoisotopic (exact) mass is 221 g/mol. The molecule has 0 fully saturated rings. The molecule has 0 saturated carbocycles. The van der Waals surface area contributed by atoms with E-state index >= 15 is 0 Å². The number of aromatic amines is 2. The van der Waals surface area contributed by atoms with Crippen LogP contribution in [0.2, 0.25) is 0 Å². The van der Waals surface area contributed by atoms with Crippen LogP contribution in [0.25, 0.3) is 0 Å². The maximum Gasteiger partial charge on any atom is 0.273 e. The second-order valence-electron chi connectivity index (χ2n) is 3.15. The first-order valence-corrected chi connectivity index (χ1v) is 4.84. The zero-order chi connectivity index (χ0) is 11.2. The van der Waals surface area contributed by atoms with E-state index in [1.165, 1.54) is 12.5 Å². The molecule has 0 saturated heterocycles. The SMILES string of the molecule is O=C(NCCCc1ncn[nH]1)c1cn[nH]n1. The first-order valence-electron chi connectivity index (χ1n) is 4.84. The lowest BCUT2D eigenvalue weighted by atomic mass is 10.3. The predicted octanol–water partition coefficient (Wildman–Crippen LogP) is -0.715. The van der Waals surface area contributed by atoms with Crippen molar-refractivity contribution >= 4 is 5.91 Å². The fourth-order valence-corrected chi connectivity index (χ4v) is 1.21. The van der Waals surface area contributed by atoms with Crippen LogP contribution >= 0.6 is 0 Å². The molecule has 0 aliphatic rings. The Hall–Kier alpha value is -2.25. The summed E-state index contributed by atoms with van der Waals surface area (Å²) in [7, 11) is 0. The molecule has 0 atom stereocenters. The number of hydrogen-bond donors (Lipinski definition) is 3. The Morgan fingerprint density at radius 2 is 2.38 bits per heavy atom. The van der Waals surface area contributed by atoms with E-state index in [1.54, 1.807) is 0 Å². The van der Waals surface area contributed by atoms with Crippen molar-refractivity contribution in [3.8, 4) is 0 Å². The lowest BCUT2D eigenvalue weighted by Gasteiger charge is -2.00. The van der Waals surface area contributed by atoms with E-state index < -0.39 is 0 Å². The molecule has 0 unspecified atom stereocenters. The zero-order valence-corrected chi connectivity index (χ0v) is 8.47. The number of carbonyl (C=O) groups is 1. The minimum absolute atomic E-state index is 0.230. The molecule has 0 aliphatic carbocycles. The zero-order valence-electron chi connectivity index (χ0n) is 8.47. The molecule has 2 heterocycles. The average molecular weight is 221 g/mol. The van der Waals surface area contributed by atoms with Gasteiger partial charge in [0.05, 0.1) is 6.20 Å². The van der Waals surface area contributed by atoms with Gasteiger partial charge in [-0.15, -0.1) is 0 Å². The number of amides is 1. The number of nitrogens with zero attached hydrogens (tertiary/aromatic N) is 4. The van der Waals surface area contributed by atoms with Gasteiger partial charge >= 0.3 is 0 Å². The summed E-state index contributed by atoms with van der Waals surface area (Å²) in [6.45, 7) is 0.562. The summed E-state index contributed by atoms with van der Waals surface area (Å²) in [6.07, 6.45) is 4.38. The minimum Gasteiger partial charge on any atom is -0.351 e. The van der Waals surface area contributed by atoms with Crippen LogP contribution in [-0.2, 0) is 6.42 Å². The summed E-state index contributed by atoms with van der Waals surface area (Å²) in [5.41, 5.74) is 0.291. The van der Waals surface area contributed by atoms with Crippen molar-refractivity contribution in [2.45, 2.75) is 12.8 Å². The summed E-state index contributed by atoms with van der Waals surface area (Å²) < 4.78 is 0. The predicted molar refractivity (Wildman–Crippen MR) is 53.4 cm³/mol. The van der Waals surface area contributed by atoms with Gasteiger partial charge in [-0.25, -0.2) is 4.98 Å². The third-order valence-corrected chi connectivity index (χ3v) is 1.99. The second-order valence-corrected chi connectivity index (χ2v) is 3.15. The number of rotatable bonds is 5. The number of H-pyrrole nitrogens is 2. The van der Waals surface area contributed by atoms with Gasteiger partial charge in [-0.1, -0.05) is 0 Å². The summed E-state index contributed by atoms with van der Waals surface area (Å²) in [5, 5.41) is 18.8. The van der Waals surface area contributed by atoms with E-state index in [-0.39, 0.29) is 5.91 Å². The van der Waals surface area contributed by atoms with Crippen LogP contribution in [0.15, 0.2) is 12.5 Å². The molecule has 84 valence electrons. The lowest BCUT2D eigenvalue weighted by Crippen LogP contribution is -2.25. The molecule has 0 radical (unpaired) electrons.